The van der Waals surface area contributed by atoms with Crippen molar-refractivity contribution in [3.8, 4) is 6.07 Å². The van der Waals surface area contributed by atoms with E-state index >= 15 is 0 Å². The number of H-pyrrole nitrogens is 1. The molecule has 0 aromatic carbocycles. The zero-order chi connectivity index (χ0) is 23.8. The maximum absolute atomic E-state index is 11.0. The summed E-state index contributed by atoms with van der Waals surface area (Å²) in [6.07, 6.45) is 9.28. The van der Waals surface area contributed by atoms with Gasteiger partial charge in [-0.1, -0.05) is 6.92 Å². The number of nitrogens with zero attached hydrogens (tertiary/aromatic N) is 5. The van der Waals surface area contributed by atoms with Gasteiger partial charge in [-0.2, -0.15) is 15.4 Å². The fraction of sp³-hybridized carbons (Fsp3) is 0.364. The highest BCUT2D eigenvalue weighted by atomic mass is 16.1. The number of rotatable bonds is 9. The molecule has 0 spiro atoms. The van der Waals surface area contributed by atoms with Crippen LogP contribution in [0.1, 0.15) is 25.8 Å². The Morgan fingerprint density at radius 1 is 1.48 bits per heavy atom. The molecule has 2 aromatic heterocycles. The molecule has 3 rings (SSSR count). The number of Topliss-reactive ketones (excluding diaryl/α,β-unsaturated/α-hetero) is 1. The van der Waals surface area contributed by atoms with E-state index in [1.165, 1.54) is 13.1 Å². The number of nitrogens with one attached hydrogen (secondary N) is 5. The molecule has 172 valence electrons. The van der Waals surface area contributed by atoms with Crippen molar-refractivity contribution >= 4 is 23.6 Å². The largest absolute Gasteiger partial charge is 0.382 e. The van der Waals surface area contributed by atoms with Crippen molar-refractivity contribution in [1.82, 2.24) is 25.4 Å². The first-order valence-electron chi connectivity index (χ1n) is 10.6. The van der Waals surface area contributed by atoms with Gasteiger partial charge < -0.3 is 25.9 Å². The van der Waals surface area contributed by atoms with Gasteiger partial charge in [-0.3, -0.25) is 14.9 Å². The number of nitriles is 1. The second kappa shape index (κ2) is 10.4. The summed E-state index contributed by atoms with van der Waals surface area (Å²) in [5, 5.41) is 35.1. The number of anilines is 1. The van der Waals surface area contributed by atoms with Gasteiger partial charge in [0.15, 0.2) is 5.49 Å². The highest BCUT2D eigenvalue weighted by Gasteiger charge is 2.46. The van der Waals surface area contributed by atoms with E-state index in [9.17, 15) is 10.1 Å². The topological polar surface area (TPSA) is 162 Å². The molecule has 0 radical (unpaired) electrons. The number of hydrogen-bond acceptors (Lipinski definition) is 7. The molecule has 1 aliphatic heterocycles. The number of carbonyl (C=O) groups is 1. The van der Waals surface area contributed by atoms with Crippen LogP contribution in [0.5, 0.6) is 0 Å². The molecule has 5 N–H and O–H groups in total. The lowest BCUT2D eigenvalue weighted by Gasteiger charge is -2.50. The SMILES string of the molecule is CCc1cnn(C2(CC#N)CN(c3ccc[nH]/c3=N\C(=N)N/C(C=N)=C/NCC(C)=O)C2)c1. The van der Waals surface area contributed by atoms with E-state index in [0.717, 1.165) is 23.9 Å². The Kier molecular flexibility index (Phi) is 7.40. The Morgan fingerprint density at radius 2 is 2.27 bits per heavy atom. The first-order valence-corrected chi connectivity index (χ1v) is 10.6. The lowest BCUT2D eigenvalue weighted by molar-refractivity contribution is -0.116. The normalized spacial score (nSPS) is 15.4. The number of carbonyl (C=O) groups excluding carboxylic acids is 1. The number of pyridine rings is 1. The van der Waals surface area contributed by atoms with Gasteiger partial charge in [0.25, 0.3) is 0 Å². The molecular formula is C22H28N10O. The maximum atomic E-state index is 11.0. The quantitative estimate of drug-likeness (QED) is 0.284. The van der Waals surface area contributed by atoms with Gasteiger partial charge in [-0.25, -0.2) is 0 Å². The van der Waals surface area contributed by atoms with E-state index in [2.05, 4.69) is 43.6 Å². The summed E-state index contributed by atoms with van der Waals surface area (Å²) in [6.45, 7) is 4.84. The minimum Gasteiger partial charge on any atom is -0.382 e. The van der Waals surface area contributed by atoms with Crippen LogP contribution in [0.25, 0.3) is 0 Å². The van der Waals surface area contributed by atoms with Crippen LogP contribution in [0, 0.1) is 22.1 Å². The van der Waals surface area contributed by atoms with Gasteiger partial charge >= 0.3 is 0 Å². The summed E-state index contributed by atoms with van der Waals surface area (Å²) in [7, 11) is 0. The average Bonchev–Trinajstić information content (AvgIpc) is 3.25. The Morgan fingerprint density at radius 3 is 2.91 bits per heavy atom. The molecule has 1 fully saturated rings. The van der Waals surface area contributed by atoms with E-state index in [1.54, 1.807) is 6.20 Å². The molecule has 0 unspecified atom stereocenters. The lowest BCUT2D eigenvalue weighted by atomic mass is 9.86. The van der Waals surface area contributed by atoms with Crippen LogP contribution < -0.4 is 21.0 Å². The smallest absolute Gasteiger partial charge is 0.221 e. The third-order valence-electron chi connectivity index (χ3n) is 5.31. The van der Waals surface area contributed by atoms with Gasteiger partial charge in [0.2, 0.25) is 5.96 Å². The van der Waals surface area contributed by atoms with Gasteiger partial charge in [-0.15, -0.1) is 0 Å². The highest BCUT2D eigenvalue weighted by Crippen LogP contribution is 2.34. The molecule has 0 bridgehead atoms. The molecule has 2 aromatic rings. The molecule has 1 aliphatic rings. The molecule has 3 heterocycles. The van der Waals surface area contributed by atoms with Crippen LogP contribution in [0.3, 0.4) is 0 Å². The molecule has 0 atom stereocenters. The predicted molar refractivity (Wildman–Crippen MR) is 125 cm³/mol. The fourth-order valence-electron chi connectivity index (χ4n) is 3.58. The third kappa shape index (κ3) is 5.54. The van der Waals surface area contributed by atoms with Crippen molar-refractivity contribution in [2.45, 2.75) is 32.2 Å². The van der Waals surface area contributed by atoms with Crippen LogP contribution in [0.15, 0.2) is 47.6 Å². The third-order valence-corrected chi connectivity index (χ3v) is 5.31. The van der Waals surface area contributed by atoms with Crippen LogP contribution in [-0.4, -0.2) is 52.4 Å². The van der Waals surface area contributed by atoms with Crippen molar-refractivity contribution in [3.63, 3.8) is 0 Å². The maximum Gasteiger partial charge on any atom is 0.221 e. The number of ketones is 1. The summed E-state index contributed by atoms with van der Waals surface area (Å²) in [5.41, 5.74) is 2.30. The lowest BCUT2D eigenvalue weighted by Crippen LogP contribution is -2.64. The highest BCUT2D eigenvalue weighted by molar-refractivity contribution is 5.87. The molecule has 11 heteroatoms. The van der Waals surface area contributed by atoms with Crippen molar-refractivity contribution in [2.24, 2.45) is 4.99 Å². The van der Waals surface area contributed by atoms with Gasteiger partial charge in [-0.05, 0) is 31.0 Å². The molecule has 0 aliphatic carbocycles. The Bertz CT molecular complexity index is 1160. The molecular weight excluding hydrogens is 420 g/mol. The summed E-state index contributed by atoms with van der Waals surface area (Å²) < 4.78 is 1.90. The number of hydrogen-bond donors (Lipinski definition) is 5. The van der Waals surface area contributed by atoms with Crippen LogP contribution in [0.4, 0.5) is 5.69 Å². The zero-order valence-corrected chi connectivity index (χ0v) is 18.7. The summed E-state index contributed by atoms with van der Waals surface area (Å²) in [5.74, 6) is -0.205. The van der Waals surface area contributed by atoms with E-state index in [-0.39, 0.29) is 18.3 Å². The molecule has 1 saturated heterocycles. The first kappa shape index (κ1) is 23.5. The Hall–Kier alpha value is -4.20. The van der Waals surface area contributed by atoms with Crippen molar-refractivity contribution in [3.05, 3.63) is 53.7 Å². The Labute approximate surface area is 191 Å². The summed E-state index contributed by atoms with van der Waals surface area (Å²) in [6, 6.07) is 6.05. The first-order chi connectivity index (χ1) is 15.9. The average molecular weight is 449 g/mol. The number of aromatic amines is 1. The predicted octanol–water partition coefficient (Wildman–Crippen LogP) is 0.997. The summed E-state index contributed by atoms with van der Waals surface area (Å²) in [4.78, 5) is 20.5. The van der Waals surface area contributed by atoms with Crippen LogP contribution in [-0.2, 0) is 16.8 Å². The van der Waals surface area contributed by atoms with Crippen molar-refractivity contribution in [2.75, 3.05) is 24.5 Å². The molecule has 0 amide bonds. The molecule has 11 nitrogen and oxygen atoms in total. The van der Waals surface area contributed by atoms with Crippen LogP contribution in [0.2, 0.25) is 0 Å². The van der Waals surface area contributed by atoms with Crippen molar-refractivity contribution < 1.29 is 4.79 Å². The Balaban J connectivity index is 1.77. The molecule has 0 saturated carbocycles. The minimum absolute atomic E-state index is 0.0399. The van der Waals surface area contributed by atoms with Crippen molar-refractivity contribution in [1.29, 1.82) is 16.1 Å². The minimum atomic E-state index is -0.403. The zero-order valence-electron chi connectivity index (χ0n) is 18.7. The monoisotopic (exact) mass is 448 g/mol. The van der Waals surface area contributed by atoms with E-state index < -0.39 is 5.54 Å². The summed E-state index contributed by atoms with van der Waals surface area (Å²) >= 11 is 0. The molecule has 33 heavy (non-hydrogen) atoms. The standard InChI is InChI=1S/C22H28N10O/c1-3-17-11-28-32(13-17)22(6-7-23)14-31(15-22)19-5-4-8-27-20(19)30-21(25)29-18(9-24)12-26-10-16(2)33/h4-5,8-9,11-13,24,26H,3,6,10,14-15H2,1-2H3,(H3,25,27,29,30)/b18-12+,24-9?. The van der Waals surface area contributed by atoms with E-state index in [0.29, 0.717) is 30.7 Å². The van der Waals surface area contributed by atoms with Gasteiger partial charge in [0, 0.05) is 37.9 Å². The van der Waals surface area contributed by atoms with E-state index in [4.69, 9.17) is 10.8 Å². The number of guanidine groups is 1. The van der Waals surface area contributed by atoms with Crippen LogP contribution >= 0.6 is 0 Å². The number of aryl methyl sites for hydroxylation is 1. The van der Waals surface area contributed by atoms with Gasteiger partial charge in [0.1, 0.15) is 11.3 Å². The van der Waals surface area contributed by atoms with E-state index in [1.807, 2.05) is 29.2 Å². The second-order valence-corrected chi connectivity index (χ2v) is 7.88. The number of aromatic nitrogens is 3. The second-order valence-electron chi connectivity index (χ2n) is 7.88. The fourth-order valence-corrected chi connectivity index (χ4v) is 3.58. The number of allylic oxidation sites excluding steroid dienone is 1. The van der Waals surface area contributed by atoms with Gasteiger partial charge in [0.05, 0.1) is 36.6 Å².